The molecule has 0 bridgehead atoms. The molecule has 1 aromatic carbocycles. The normalized spacial score (nSPS) is 20.2. The molecule has 2 aliphatic rings. The summed E-state index contributed by atoms with van der Waals surface area (Å²) in [6, 6.07) is 7.14. The Kier molecular flexibility index (Phi) is 7.04. The van der Waals surface area contributed by atoms with Crippen molar-refractivity contribution in [3.05, 3.63) is 42.3 Å². The van der Waals surface area contributed by atoms with E-state index in [1.807, 2.05) is 9.58 Å². The third-order valence-corrected chi connectivity index (χ3v) is 6.42. The quantitative estimate of drug-likeness (QED) is 0.742. The summed E-state index contributed by atoms with van der Waals surface area (Å²) in [7, 11) is 0. The number of amides is 3. The van der Waals surface area contributed by atoms with Crippen molar-refractivity contribution in [2.45, 2.75) is 38.6 Å². The number of likely N-dealkylation sites (tertiary alicyclic amines) is 2. The molecule has 3 heterocycles. The fourth-order valence-corrected chi connectivity index (χ4v) is 4.68. The van der Waals surface area contributed by atoms with Gasteiger partial charge in [-0.25, -0.2) is 13.9 Å². The zero-order chi connectivity index (χ0) is 22.5. The highest BCUT2D eigenvalue weighted by Gasteiger charge is 2.32. The van der Waals surface area contributed by atoms with Crippen LogP contribution >= 0.6 is 0 Å². The Morgan fingerprint density at radius 1 is 1.12 bits per heavy atom. The zero-order valence-electron chi connectivity index (χ0n) is 18.5. The van der Waals surface area contributed by atoms with Crippen molar-refractivity contribution >= 4 is 23.4 Å². The molecule has 2 saturated heterocycles. The lowest BCUT2D eigenvalue weighted by Crippen LogP contribution is -2.47. The van der Waals surface area contributed by atoms with Crippen molar-refractivity contribution < 1.29 is 14.0 Å². The van der Waals surface area contributed by atoms with E-state index in [1.54, 1.807) is 18.3 Å². The summed E-state index contributed by atoms with van der Waals surface area (Å²) in [5, 5.41) is 9.82. The average molecular weight is 443 g/mol. The van der Waals surface area contributed by atoms with Gasteiger partial charge in [0, 0.05) is 31.4 Å². The van der Waals surface area contributed by atoms with Gasteiger partial charge in [-0.15, -0.1) is 0 Å². The van der Waals surface area contributed by atoms with Gasteiger partial charge < -0.3 is 15.1 Å². The van der Waals surface area contributed by atoms with Gasteiger partial charge in [0.1, 0.15) is 11.6 Å². The van der Waals surface area contributed by atoms with Crippen LogP contribution in [-0.2, 0) is 4.79 Å². The fraction of sp³-hybridized carbons (Fsp3) is 0.522. The summed E-state index contributed by atoms with van der Waals surface area (Å²) >= 11 is 0. The molecule has 2 aromatic rings. The van der Waals surface area contributed by atoms with E-state index in [9.17, 15) is 14.0 Å². The lowest BCUT2D eigenvalue weighted by Gasteiger charge is -2.37. The smallest absolute Gasteiger partial charge is 0.324 e. The SMILES string of the molecule is CCN1CCCC(C(=O)N2CCC(n3nccc3NC(=O)Nc3cccc(F)c3)CC2)C1. The number of hydrogen-bond donors (Lipinski definition) is 2. The van der Waals surface area contributed by atoms with Gasteiger partial charge in [-0.1, -0.05) is 13.0 Å². The second kappa shape index (κ2) is 10.1. The van der Waals surface area contributed by atoms with Crippen molar-refractivity contribution in [1.82, 2.24) is 19.6 Å². The molecule has 0 spiro atoms. The van der Waals surface area contributed by atoms with Crippen molar-refractivity contribution in [2.24, 2.45) is 5.92 Å². The predicted molar refractivity (Wildman–Crippen MR) is 121 cm³/mol. The monoisotopic (exact) mass is 442 g/mol. The molecule has 172 valence electrons. The van der Waals surface area contributed by atoms with Gasteiger partial charge in [0.05, 0.1) is 18.2 Å². The molecule has 3 amide bonds. The number of nitrogens with one attached hydrogen (secondary N) is 2. The first-order valence-corrected chi connectivity index (χ1v) is 11.4. The highest BCUT2D eigenvalue weighted by molar-refractivity contribution is 5.99. The molecule has 0 aliphatic carbocycles. The van der Waals surface area contributed by atoms with Crippen molar-refractivity contribution in [3.63, 3.8) is 0 Å². The number of nitrogens with zero attached hydrogens (tertiary/aromatic N) is 4. The summed E-state index contributed by atoms with van der Waals surface area (Å²) in [6.45, 7) is 6.48. The molecule has 1 aromatic heterocycles. The number of hydrogen-bond acceptors (Lipinski definition) is 4. The molecule has 8 nitrogen and oxygen atoms in total. The Hall–Kier alpha value is -2.94. The van der Waals surface area contributed by atoms with E-state index in [-0.39, 0.29) is 17.9 Å². The first-order valence-electron chi connectivity index (χ1n) is 11.4. The van der Waals surface area contributed by atoms with E-state index in [2.05, 4.69) is 27.6 Å². The van der Waals surface area contributed by atoms with Crippen LogP contribution in [0.5, 0.6) is 0 Å². The standard InChI is InChI=1S/C23H31FN6O2/c1-2-28-12-4-5-17(16-28)22(31)29-13-9-20(10-14-29)30-21(8-11-25-30)27-23(32)26-19-7-3-6-18(24)15-19/h3,6-8,11,15,17,20H,2,4-5,9-10,12-14,16H2,1H3,(H2,26,27,32). The van der Waals surface area contributed by atoms with Crippen LogP contribution in [0.3, 0.4) is 0 Å². The van der Waals surface area contributed by atoms with Crippen molar-refractivity contribution in [2.75, 3.05) is 43.4 Å². The summed E-state index contributed by atoms with van der Waals surface area (Å²) in [5.41, 5.74) is 0.379. The van der Waals surface area contributed by atoms with Crippen LogP contribution in [0.15, 0.2) is 36.5 Å². The van der Waals surface area contributed by atoms with Crippen LogP contribution in [0.25, 0.3) is 0 Å². The average Bonchev–Trinajstić information content (AvgIpc) is 3.26. The molecule has 2 fully saturated rings. The first kappa shape index (κ1) is 22.3. The van der Waals surface area contributed by atoms with E-state index in [0.717, 1.165) is 45.3 Å². The minimum Gasteiger partial charge on any atom is -0.342 e. The molecular formula is C23H31FN6O2. The lowest BCUT2D eigenvalue weighted by atomic mass is 9.95. The fourth-order valence-electron chi connectivity index (χ4n) is 4.68. The van der Waals surface area contributed by atoms with Crippen LogP contribution in [0.2, 0.25) is 0 Å². The van der Waals surface area contributed by atoms with Crippen LogP contribution in [0, 0.1) is 11.7 Å². The van der Waals surface area contributed by atoms with Crippen LogP contribution in [0.1, 0.15) is 38.6 Å². The summed E-state index contributed by atoms with van der Waals surface area (Å²) in [6.07, 6.45) is 5.29. The van der Waals surface area contributed by atoms with E-state index in [1.165, 1.54) is 18.2 Å². The number of anilines is 2. The Bertz CT molecular complexity index is 940. The molecule has 0 radical (unpaired) electrons. The Morgan fingerprint density at radius 3 is 2.69 bits per heavy atom. The van der Waals surface area contributed by atoms with Crippen LogP contribution in [-0.4, -0.2) is 64.2 Å². The van der Waals surface area contributed by atoms with Crippen molar-refractivity contribution in [1.29, 1.82) is 0 Å². The maximum atomic E-state index is 13.3. The van der Waals surface area contributed by atoms with Gasteiger partial charge in [0.15, 0.2) is 0 Å². The molecule has 2 aliphatic heterocycles. The molecule has 9 heteroatoms. The number of piperidine rings is 2. The summed E-state index contributed by atoms with van der Waals surface area (Å²) in [5.74, 6) is 0.544. The number of rotatable bonds is 5. The summed E-state index contributed by atoms with van der Waals surface area (Å²) < 4.78 is 15.1. The molecule has 4 rings (SSSR count). The Balaban J connectivity index is 1.31. The lowest BCUT2D eigenvalue weighted by molar-refractivity contribution is -0.138. The van der Waals surface area contributed by atoms with Gasteiger partial charge in [-0.3, -0.25) is 10.1 Å². The molecule has 32 heavy (non-hydrogen) atoms. The maximum Gasteiger partial charge on any atom is 0.324 e. The molecular weight excluding hydrogens is 411 g/mol. The molecule has 0 saturated carbocycles. The minimum absolute atomic E-state index is 0.105. The highest BCUT2D eigenvalue weighted by Crippen LogP contribution is 2.28. The Morgan fingerprint density at radius 2 is 1.94 bits per heavy atom. The number of halogens is 1. The number of aromatic nitrogens is 2. The highest BCUT2D eigenvalue weighted by atomic mass is 19.1. The topological polar surface area (TPSA) is 82.5 Å². The predicted octanol–water partition coefficient (Wildman–Crippen LogP) is 3.56. The van der Waals surface area contributed by atoms with Crippen molar-refractivity contribution in [3.8, 4) is 0 Å². The molecule has 2 N–H and O–H groups in total. The van der Waals surface area contributed by atoms with Gasteiger partial charge in [-0.2, -0.15) is 5.10 Å². The number of urea groups is 1. The van der Waals surface area contributed by atoms with Crippen LogP contribution < -0.4 is 10.6 Å². The van der Waals surface area contributed by atoms with E-state index in [0.29, 0.717) is 24.6 Å². The maximum absolute atomic E-state index is 13.3. The third kappa shape index (κ3) is 5.27. The van der Waals surface area contributed by atoms with E-state index < -0.39 is 11.8 Å². The minimum atomic E-state index is -0.456. The number of carbonyl (C=O) groups excluding carboxylic acids is 2. The third-order valence-electron chi connectivity index (χ3n) is 6.42. The zero-order valence-corrected chi connectivity index (χ0v) is 18.5. The first-order chi connectivity index (χ1) is 15.5. The van der Waals surface area contributed by atoms with Gasteiger partial charge in [0.2, 0.25) is 5.91 Å². The molecule has 1 atom stereocenters. The largest absolute Gasteiger partial charge is 0.342 e. The Labute approximate surface area is 187 Å². The number of carbonyl (C=O) groups is 2. The van der Waals surface area contributed by atoms with Gasteiger partial charge in [-0.05, 0) is 57.0 Å². The molecule has 1 unspecified atom stereocenters. The van der Waals surface area contributed by atoms with Crippen LogP contribution in [0.4, 0.5) is 20.7 Å². The second-order valence-electron chi connectivity index (χ2n) is 8.54. The second-order valence-corrected chi connectivity index (χ2v) is 8.54. The van der Waals surface area contributed by atoms with E-state index in [4.69, 9.17) is 0 Å². The van der Waals surface area contributed by atoms with E-state index >= 15 is 0 Å². The van der Waals surface area contributed by atoms with Gasteiger partial charge >= 0.3 is 6.03 Å². The van der Waals surface area contributed by atoms with Gasteiger partial charge in [0.25, 0.3) is 0 Å². The number of benzene rings is 1. The summed E-state index contributed by atoms with van der Waals surface area (Å²) in [4.78, 5) is 29.7.